The number of aromatic nitrogens is 4. The molecule has 1 atom stereocenters. The van der Waals surface area contributed by atoms with Crippen molar-refractivity contribution in [2.45, 2.75) is 45.1 Å². The van der Waals surface area contributed by atoms with E-state index in [-0.39, 0.29) is 11.8 Å². The van der Waals surface area contributed by atoms with Crippen molar-refractivity contribution in [2.75, 3.05) is 26.2 Å². The van der Waals surface area contributed by atoms with E-state index in [0.29, 0.717) is 29.0 Å². The molecule has 0 spiro atoms. The minimum Gasteiger partial charge on any atom is -0.463 e. The number of aryl methyl sites for hydroxylation is 1. The predicted octanol–water partition coefficient (Wildman–Crippen LogP) is 4.36. The molecule has 6 rings (SSSR count). The van der Waals surface area contributed by atoms with E-state index in [1.807, 2.05) is 17.0 Å². The highest BCUT2D eigenvalue weighted by molar-refractivity contribution is 5.95. The Hall–Kier alpha value is -3.78. The number of rotatable bonds is 5. The maximum atomic E-state index is 13.7. The third-order valence-corrected chi connectivity index (χ3v) is 7.63. The molecule has 0 saturated carbocycles. The summed E-state index contributed by atoms with van der Waals surface area (Å²) in [6.07, 6.45) is 8.41. The van der Waals surface area contributed by atoms with Gasteiger partial charge in [0.1, 0.15) is 5.69 Å². The zero-order chi connectivity index (χ0) is 25.4. The molecule has 2 aliphatic rings. The summed E-state index contributed by atoms with van der Waals surface area (Å²) in [6, 6.07) is 14.8. The molecular weight excluding hydrogens is 464 g/mol. The van der Waals surface area contributed by atoms with Crippen LogP contribution in [0.15, 0.2) is 65.5 Å². The van der Waals surface area contributed by atoms with Crippen molar-refractivity contribution < 1.29 is 9.21 Å². The van der Waals surface area contributed by atoms with Crippen LogP contribution in [0, 0.1) is 0 Å². The molecule has 4 heterocycles. The lowest BCUT2D eigenvalue weighted by molar-refractivity contribution is 0.0551. The van der Waals surface area contributed by atoms with Crippen molar-refractivity contribution >= 4 is 5.91 Å². The zero-order valence-corrected chi connectivity index (χ0v) is 21.4. The summed E-state index contributed by atoms with van der Waals surface area (Å²) in [5.74, 6) is 1.20. The van der Waals surface area contributed by atoms with Crippen molar-refractivity contribution in [2.24, 2.45) is 0 Å². The molecule has 0 radical (unpaired) electrons. The molecule has 3 aromatic heterocycles. The molecule has 4 aromatic rings. The molecule has 190 valence electrons. The predicted molar refractivity (Wildman–Crippen MR) is 141 cm³/mol. The van der Waals surface area contributed by atoms with Crippen molar-refractivity contribution in [1.82, 2.24) is 29.5 Å². The highest BCUT2D eigenvalue weighted by Crippen LogP contribution is 2.27. The zero-order valence-electron chi connectivity index (χ0n) is 21.4. The number of carbonyl (C=O) groups excluding carboxylic acids is 1. The van der Waals surface area contributed by atoms with Crippen LogP contribution in [0.2, 0.25) is 0 Å². The monoisotopic (exact) mass is 496 g/mol. The lowest BCUT2D eigenvalue weighted by atomic mass is 9.87. The summed E-state index contributed by atoms with van der Waals surface area (Å²) in [4.78, 5) is 27.3. The molecule has 1 saturated heterocycles. The molecule has 1 unspecified atom stereocenters. The Morgan fingerprint density at radius 2 is 1.84 bits per heavy atom. The number of nitrogens with zero attached hydrogens (tertiary/aromatic N) is 6. The molecule has 0 N–H and O–H groups in total. The van der Waals surface area contributed by atoms with E-state index >= 15 is 0 Å². The molecular formula is C29H32N6O2. The van der Waals surface area contributed by atoms with Gasteiger partial charge in [0.15, 0.2) is 5.76 Å². The second-order valence-corrected chi connectivity index (χ2v) is 10.2. The second kappa shape index (κ2) is 9.94. The highest BCUT2D eigenvalue weighted by atomic mass is 16.3. The maximum Gasteiger partial charge on any atom is 0.257 e. The number of furan rings is 1. The van der Waals surface area contributed by atoms with Crippen LogP contribution in [0.1, 0.15) is 53.4 Å². The van der Waals surface area contributed by atoms with Gasteiger partial charge >= 0.3 is 0 Å². The first-order chi connectivity index (χ1) is 18.1. The maximum absolute atomic E-state index is 13.7. The van der Waals surface area contributed by atoms with E-state index in [1.165, 1.54) is 17.5 Å². The van der Waals surface area contributed by atoms with E-state index < -0.39 is 0 Å². The van der Waals surface area contributed by atoms with Gasteiger partial charge in [-0.05, 0) is 54.5 Å². The normalized spacial score (nSPS) is 18.2. The van der Waals surface area contributed by atoms with Gasteiger partial charge in [-0.2, -0.15) is 5.10 Å². The van der Waals surface area contributed by atoms with Crippen molar-refractivity contribution in [3.05, 3.63) is 83.5 Å². The van der Waals surface area contributed by atoms with Gasteiger partial charge in [-0.3, -0.25) is 9.69 Å². The van der Waals surface area contributed by atoms with Crippen LogP contribution in [0.25, 0.3) is 17.4 Å². The number of hydrogen-bond acceptors (Lipinski definition) is 6. The summed E-state index contributed by atoms with van der Waals surface area (Å²) in [5, 5.41) is 4.56. The molecule has 1 aliphatic heterocycles. The fourth-order valence-electron chi connectivity index (χ4n) is 5.70. The van der Waals surface area contributed by atoms with E-state index in [1.54, 1.807) is 29.4 Å². The summed E-state index contributed by atoms with van der Waals surface area (Å²) in [7, 11) is 0. The van der Waals surface area contributed by atoms with Crippen LogP contribution < -0.4 is 0 Å². The van der Waals surface area contributed by atoms with Crippen molar-refractivity contribution in [3.63, 3.8) is 0 Å². The Labute approximate surface area is 216 Å². The first-order valence-corrected chi connectivity index (χ1v) is 13.1. The SMILES string of the molecule is CC(C)c1c(C(=O)N2CCN(C3CCc4ccccc4C3)CC2)cnn1-c1nccc(-c2ccco2)n1. The topological polar surface area (TPSA) is 80.3 Å². The summed E-state index contributed by atoms with van der Waals surface area (Å²) in [6.45, 7) is 7.39. The van der Waals surface area contributed by atoms with Gasteiger partial charge in [0.25, 0.3) is 11.9 Å². The van der Waals surface area contributed by atoms with Gasteiger partial charge in [0, 0.05) is 38.4 Å². The number of carbonyl (C=O) groups is 1. The number of piperazine rings is 1. The Balaban J connectivity index is 1.18. The van der Waals surface area contributed by atoms with Gasteiger partial charge in [0.05, 0.1) is 23.7 Å². The number of amides is 1. The van der Waals surface area contributed by atoms with Gasteiger partial charge in [-0.15, -0.1) is 0 Å². The second-order valence-electron chi connectivity index (χ2n) is 10.2. The minimum absolute atomic E-state index is 0.0331. The Kier molecular flexibility index (Phi) is 6.34. The van der Waals surface area contributed by atoms with Crippen LogP contribution in [-0.4, -0.2) is 67.7 Å². The molecule has 8 heteroatoms. The van der Waals surface area contributed by atoms with Gasteiger partial charge in [-0.1, -0.05) is 38.1 Å². The van der Waals surface area contributed by atoms with Crippen LogP contribution in [0.4, 0.5) is 0 Å². The summed E-state index contributed by atoms with van der Waals surface area (Å²) >= 11 is 0. The van der Waals surface area contributed by atoms with Crippen LogP contribution in [0.3, 0.4) is 0 Å². The Bertz CT molecular complexity index is 1390. The van der Waals surface area contributed by atoms with Crippen LogP contribution in [0.5, 0.6) is 0 Å². The smallest absolute Gasteiger partial charge is 0.257 e. The Morgan fingerprint density at radius 3 is 2.59 bits per heavy atom. The molecule has 1 aliphatic carbocycles. The largest absolute Gasteiger partial charge is 0.463 e. The standard InChI is InChI=1S/C29H32N6O2/c1-20(2)27-24(19-31-35(27)29-30-12-11-25(32-29)26-8-5-17-37-26)28(36)34-15-13-33(14-16-34)23-10-9-21-6-3-4-7-22(21)18-23/h3-8,11-12,17,19-20,23H,9-10,13-16,18H2,1-2H3. The fourth-order valence-corrected chi connectivity index (χ4v) is 5.70. The van der Waals surface area contributed by atoms with Crippen molar-refractivity contribution in [3.8, 4) is 17.4 Å². The van der Waals surface area contributed by atoms with Gasteiger partial charge < -0.3 is 9.32 Å². The molecule has 0 bridgehead atoms. The molecule has 8 nitrogen and oxygen atoms in total. The Morgan fingerprint density at radius 1 is 1.03 bits per heavy atom. The van der Waals surface area contributed by atoms with E-state index in [9.17, 15) is 4.79 Å². The summed E-state index contributed by atoms with van der Waals surface area (Å²) in [5.41, 5.74) is 5.10. The van der Waals surface area contributed by atoms with E-state index in [2.05, 4.69) is 58.1 Å². The lowest BCUT2D eigenvalue weighted by Crippen LogP contribution is -2.53. The van der Waals surface area contributed by atoms with Crippen LogP contribution in [-0.2, 0) is 12.8 Å². The minimum atomic E-state index is 0.0331. The molecule has 1 aromatic carbocycles. The average molecular weight is 497 g/mol. The van der Waals surface area contributed by atoms with E-state index in [0.717, 1.165) is 44.7 Å². The summed E-state index contributed by atoms with van der Waals surface area (Å²) < 4.78 is 7.19. The first-order valence-electron chi connectivity index (χ1n) is 13.1. The molecule has 1 amide bonds. The van der Waals surface area contributed by atoms with Crippen molar-refractivity contribution in [1.29, 1.82) is 0 Å². The van der Waals surface area contributed by atoms with E-state index in [4.69, 9.17) is 4.42 Å². The third-order valence-electron chi connectivity index (χ3n) is 7.63. The first kappa shape index (κ1) is 23.6. The number of benzene rings is 1. The van der Waals surface area contributed by atoms with Gasteiger partial charge in [-0.25, -0.2) is 14.6 Å². The molecule has 1 fully saturated rings. The number of fused-ring (bicyclic) bond motifs is 1. The highest BCUT2D eigenvalue weighted by Gasteiger charge is 2.31. The number of hydrogen-bond donors (Lipinski definition) is 0. The molecule has 37 heavy (non-hydrogen) atoms. The average Bonchev–Trinajstić information content (AvgIpc) is 3.64. The van der Waals surface area contributed by atoms with Gasteiger partial charge in [0.2, 0.25) is 0 Å². The lowest BCUT2D eigenvalue weighted by Gasteiger charge is -2.41. The fraction of sp³-hybridized carbons (Fsp3) is 0.379. The third kappa shape index (κ3) is 4.57. The van der Waals surface area contributed by atoms with Crippen LogP contribution >= 0.6 is 0 Å². The quantitative estimate of drug-likeness (QED) is 0.408.